The highest BCUT2D eigenvalue weighted by molar-refractivity contribution is 5.75. The molecular formula is C14H16F3N3. The van der Waals surface area contributed by atoms with Crippen molar-refractivity contribution in [1.29, 1.82) is 0 Å². The summed E-state index contributed by atoms with van der Waals surface area (Å²) < 4.78 is 40.9. The van der Waals surface area contributed by atoms with Gasteiger partial charge in [0.1, 0.15) is 0 Å². The molecule has 2 rings (SSSR count). The number of halogens is 3. The quantitative estimate of drug-likeness (QED) is 0.862. The molecule has 2 aromatic rings. The molecule has 3 nitrogen and oxygen atoms in total. The van der Waals surface area contributed by atoms with Gasteiger partial charge in [0, 0.05) is 5.56 Å². The van der Waals surface area contributed by atoms with Crippen molar-refractivity contribution in [3.8, 4) is 11.3 Å². The molecule has 0 amide bonds. The maximum Gasteiger partial charge on any atom is 0.417 e. The topological polar surface area (TPSA) is 43.8 Å². The van der Waals surface area contributed by atoms with Gasteiger partial charge < -0.3 is 5.73 Å². The number of nitrogens with zero attached hydrogens (tertiary/aromatic N) is 2. The molecular weight excluding hydrogens is 267 g/mol. The second-order valence-corrected chi connectivity index (χ2v) is 5.57. The first-order chi connectivity index (χ1) is 9.12. The van der Waals surface area contributed by atoms with Gasteiger partial charge in [-0.2, -0.15) is 18.3 Å². The molecule has 0 spiro atoms. The molecule has 20 heavy (non-hydrogen) atoms. The van der Waals surface area contributed by atoms with Crippen molar-refractivity contribution in [2.75, 3.05) is 5.73 Å². The van der Waals surface area contributed by atoms with E-state index in [-0.39, 0.29) is 11.3 Å². The van der Waals surface area contributed by atoms with Crippen LogP contribution < -0.4 is 5.73 Å². The van der Waals surface area contributed by atoms with E-state index < -0.39 is 17.3 Å². The molecule has 0 aliphatic rings. The van der Waals surface area contributed by atoms with Crippen molar-refractivity contribution < 1.29 is 13.2 Å². The minimum atomic E-state index is -4.43. The number of nitrogen functional groups attached to an aromatic ring is 1. The summed E-state index contributed by atoms with van der Waals surface area (Å²) in [5.41, 5.74) is 5.23. The molecule has 0 aliphatic heterocycles. The Labute approximate surface area is 115 Å². The lowest BCUT2D eigenvalue weighted by molar-refractivity contribution is -0.137. The van der Waals surface area contributed by atoms with Crippen LogP contribution in [0.3, 0.4) is 0 Å². The van der Waals surface area contributed by atoms with E-state index in [1.54, 1.807) is 6.07 Å². The summed E-state index contributed by atoms with van der Waals surface area (Å²) in [6.45, 7) is 5.58. The number of benzene rings is 1. The van der Waals surface area contributed by atoms with E-state index >= 15 is 0 Å². The summed E-state index contributed by atoms with van der Waals surface area (Å²) in [5, 5.41) is 4.11. The van der Waals surface area contributed by atoms with Crippen LogP contribution in [0.25, 0.3) is 11.3 Å². The van der Waals surface area contributed by atoms with Crippen molar-refractivity contribution in [3.05, 3.63) is 36.0 Å². The van der Waals surface area contributed by atoms with E-state index in [0.29, 0.717) is 5.69 Å². The Morgan fingerprint density at radius 3 is 2.25 bits per heavy atom. The Kier molecular flexibility index (Phi) is 3.28. The van der Waals surface area contributed by atoms with Gasteiger partial charge >= 0.3 is 6.18 Å². The van der Waals surface area contributed by atoms with Gasteiger partial charge in [-0.3, -0.25) is 4.68 Å². The van der Waals surface area contributed by atoms with Gasteiger partial charge in [0.2, 0.25) is 0 Å². The fourth-order valence-corrected chi connectivity index (χ4v) is 2.08. The van der Waals surface area contributed by atoms with E-state index in [2.05, 4.69) is 5.10 Å². The molecule has 1 heterocycles. The summed E-state index contributed by atoms with van der Waals surface area (Å²) in [4.78, 5) is 0. The average molecular weight is 283 g/mol. The van der Waals surface area contributed by atoms with Gasteiger partial charge in [0.05, 0.1) is 28.7 Å². The zero-order chi connectivity index (χ0) is 15.1. The third-order valence-corrected chi connectivity index (χ3v) is 2.92. The molecule has 2 N–H and O–H groups in total. The smallest absolute Gasteiger partial charge is 0.396 e. The van der Waals surface area contributed by atoms with Crippen molar-refractivity contribution in [2.45, 2.75) is 32.5 Å². The van der Waals surface area contributed by atoms with Gasteiger partial charge in [0.15, 0.2) is 0 Å². The van der Waals surface area contributed by atoms with Crippen LogP contribution in [0.5, 0.6) is 0 Å². The summed E-state index contributed by atoms with van der Waals surface area (Å²) >= 11 is 0. The van der Waals surface area contributed by atoms with Gasteiger partial charge in [0.25, 0.3) is 0 Å². The number of anilines is 1. The van der Waals surface area contributed by atoms with Crippen molar-refractivity contribution >= 4 is 5.69 Å². The van der Waals surface area contributed by atoms with Crippen LogP contribution in [-0.4, -0.2) is 9.78 Å². The van der Waals surface area contributed by atoms with E-state index in [0.717, 1.165) is 6.07 Å². The molecule has 0 saturated carbocycles. The van der Waals surface area contributed by atoms with E-state index in [4.69, 9.17) is 5.73 Å². The van der Waals surface area contributed by atoms with Gasteiger partial charge in [-0.05, 0) is 26.8 Å². The average Bonchev–Trinajstić information content (AvgIpc) is 2.69. The summed E-state index contributed by atoms with van der Waals surface area (Å²) in [5.74, 6) is 0. The maximum absolute atomic E-state index is 13.1. The largest absolute Gasteiger partial charge is 0.417 e. The fourth-order valence-electron chi connectivity index (χ4n) is 2.08. The highest BCUT2D eigenvalue weighted by Crippen LogP contribution is 2.40. The summed E-state index contributed by atoms with van der Waals surface area (Å²) in [6.07, 6.45) is -3.05. The second kappa shape index (κ2) is 4.54. The molecule has 6 heteroatoms. The molecule has 0 unspecified atom stereocenters. The summed E-state index contributed by atoms with van der Waals surface area (Å²) in [6, 6.07) is 5.39. The van der Waals surface area contributed by atoms with Crippen LogP contribution in [0.1, 0.15) is 26.3 Å². The lowest BCUT2D eigenvalue weighted by Crippen LogP contribution is -2.24. The monoisotopic (exact) mass is 283 g/mol. The lowest BCUT2D eigenvalue weighted by atomic mass is 10.0. The van der Waals surface area contributed by atoms with E-state index in [1.165, 1.54) is 23.0 Å². The Hall–Kier alpha value is -1.98. The predicted octanol–water partition coefficient (Wildman–Crippen LogP) is 3.91. The highest BCUT2D eigenvalue weighted by Gasteiger charge is 2.35. The van der Waals surface area contributed by atoms with Crippen LogP contribution >= 0.6 is 0 Å². The molecule has 0 atom stereocenters. The van der Waals surface area contributed by atoms with E-state index in [1.807, 2.05) is 20.8 Å². The van der Waals surface area contributed by atoms with Crippen LogP contribution in [0.15, 0.2) is 30.5 Å². The van der Waals surface area contributed by atoms with Crippen LogP contribution in [0.4, 0.5) is 18.9 Å². The molecule has 108 valence electrons. The molecule has 1 aromatic carbocycles. The third-order valence-electron chi connectivity index (χ3n) is 2.92. The Morgan fingerprint density at radius 2 is 1.70 bits per heavy atom. The van der Waals surface area contributed by atoms with Gasteiger partial charge in [-0.1, -0.05) is 18.2 Å². The first-order valence-corrected chi connectivity index (χ1v) is 6.13. The van der Waals surface area contributed by atoms with Gasteiger partial charge in [-0.25, -0.2) is 0 Å². The molecule has 0 aliphatic carbocycles. The zero-order valence-corrected chi connectivity index (χ0v) is 11.5. The highest BCUT2D eigenvalue weighted by atomic mass is 19.4. The van der Waals surface area contributed by atoms with Crippen LogP contribution in [-0.2, 0) is 11.7 Å². The fraction of sp³-hybridized carbons (Fsp3) is 0.357. The van der Waals surface area contributed by atoms with Crippen LogP contribution in [0.2, 0.25) is 0 Å². The van der Waals surface area contributed by atoms with Crippen LogP contribution in [0, 0.1) is 0 Å². The number of hydrogen-bond acceptors (Lipinski definition) is 2. The maximum atomic E-state index is 13.1. The molecule has 0 bridgehead atoms. The Balaban J connectivity index is 2.74. The standard InChI is InChI=1S/C14H16F3N3/c1-13(2,3)20-12(11(18)8-19-20)9-6-4-5-7-10(9)14(15,16)17/h4-8H,18H2,1-3H3. The Bertz CT molecular complexity index is 621. The first-order valence-electron chi connectivity index (χ1n) is 6.13. The first kappa shape index (κ1) is 14.4. The van der Waals surface area contributed by atoms with Crippen molar-refractivity contribution in [3.63, 3.8) is 0 Å². The van der Waals surface area contributed by atoms with Crippen molar-refractivity contribution in [2.24, 2.45) is 0 Å². The molecule has 1 aromatic heterocycles. The molecule has 0 fully saturated rings. The van der Waals surface area contributed by atoms with Gasteiger partial charge in [-0.15, -0.1) is 0 Å². The number of rotatable bonds is 1. The Morgan fingerprint density at radius 1 is 1.10 bits per heavy atom. The van der Waals surface area contributed by atoms with Crippen molar-refractivity contribution in [1.82, 2.24) is 9.78 Å². The lowest BCUT2D eigenvalue weighted by Gasteiger charge is -2.24. The number of aromatic nitrogens is 2. The SMILES string of the molecule is CC(C)(C)n1ncc(N)c1-c1ccccc1C(F)(F)F. The number of nitrogens with two attached hydrogens (primary N) is 1. The normalized spacial score (nSPS) is 12.7. The molecule has 0 radical (unpaired) electrons. The number of hydrogen-bond donors (Lipinski definition) is 1. The number of alkyl halides is 3. The minimum Gasteiger partial charge on any atom is -0.396 e. The second-order valence-electron chi connectivity index (χ2n) is 5.57. The predicted molar refractivity (Wildman–Crippen MR) is 72.1 cm³/mol. The molecule has 0 saturated heterocycles. The summed E-state index contributed by atoms with van der Waals surface area (Å²) in [7, 11) is 0. The minimum absolute atomic E-state index is 0.0462. The van der Waals surface area contributed by atoms with E-state index in [9.17, 15) is 13.2 Å². The zero-order valence-electron chi connectivity index (χ0n) is 11.5. The third kappa shape index (κ3) is 2.50.